The fourth-order valence-corrected chi connectivity index (χ4v) is 6.90. The van der Waals surface area contributed by atoms with Crippen molar-refractivity contribution >= 4 is 33.3 Å². The molecule has 2 heterocycles. The van der Waals surface area contributed by atoms with Gasteiger partial charge in [-0.15, -0.1) is 0 Å². The van der Waals surface area contributed by atoms with E-state index in [-0.39, 0.29) is 0 Å². The highest BCUT2D eigenvalue weighted by Crippen LogP contribution is 2.62. The van der Waals surface area contributed by atoms with E-state index in [9.17, 15) is 0 Å². The highest BCUT2D eigenvalue weighted by Gasteiger charge is 2.50. The molecule has 2 aliphatic rings. The van der Waals surface area contributed by atoms with Gasteiger partial charge in [-0.2, -0.15) is 0 Å². The van der Waals surface area contributed by atoms with Crippen molar-refractivity contribution in [3.05, 3.63) is 156 Å². The number of rotatable bonds is 2. The molecule has 0 unspecified atom stereocenters. The second-order valence-corrected chi connectivity index (χ2v) is 10.6. The zero-order valence-electron chi connectivity index (χ0n) is 21.5. The van der Waals surface area contributed by atoms with Gasteiger partial charge < -0.3 is 14.5 Å². The normalized spacial score (nSPS) is 13.9. The third-order valence-electron chi connectivity index (χ3n) is 8.51. The minimum Gasteiger partial charge on any atom is -0.457 e. The van der Waals surface area contributed by atoms with E-state index in [2.05, 4.69) is 121 Å². The lowest BCUT2D eigenvalue weighted by Gasteiger charge is -2.39. The second kappa shape index (κ2) is 7.87. The first kappa shape index (κ1) is 21.6. The van der Waals surface area contributed by atoms with Gasteiger partial charge in [-0.05, 0) is 64.7 Å². The number of fused-ring (bicyclic) bond motifs is 12. The van der Waals surface area contributed by atoms with Crippen LogP contribution >= 0.6 is 0 Å². The smallest absolute Gasteiger partial charge is 0.137 e. The first-order valence-corrected chi connectivity index (χ1v) is 13.6. The minimum atomic E-state index is -0.474. The molecule has 0 saturated carbocycles. The molecule has 3 heteroatoms. The molecule has 9 rings (SSSR count). The Bertz CT molecular complexity index is 2090. The highest BCUT2D eigenvalue weighted by molar-refractivity contribution is 6.05. The first-order valence-electron chi connectivity index (χ1n) is 13.6. The molecule has 3 nitrogen and oxygen atoms in total. The summed E-state index contributed by atoms with van der Waals surface area (Å²) in [6, 6.07) is 47.0. The van der Waals surface area contributed by atoms with E-state index in [0.717, 1.165) is 50.4 Å². The molecule has 1 aromatic heterocycles. The summed E-state index contributed by atoms with van der Waals surface area (Å²) in [6.07, 6.45) is 0. The number of benzene rings is 6. The summed E-state index contributed by atoms with van der Waals surface area (Å²) in [4.78, 5) is 0. The zero-order chi connectivity index (χ0) is 26.3. The van der Waals surface area contributed by atoms with Crippen molar-refractivity contribution in [2.45, 2.75) is 5.41 Å². The molecule has 0 bridgehead atoms. The van der Waals surface area contributed by atoms with Gasteiger partial charge in [-0.25, -0.2) is 0 Å². The van der Waals surface area contributed by atoms with Crippen molar-refractivity contribution in [2.75, 3.05) is 5.32 Å². The first-order chi connectivity index (χ1) is 19.8. The quantitative estimate of drug-likeness (QED) is 0.250. The van der Waals surface area contributed by atoms with Gasteiger partial charge in [-0.1, -0.05) is 84.9 Å². The monoisotopic (exact) mass is 513 g/mol. The van der Waals surface area contributed by atoms with Crippen LogP contribution in [0.1, 0.15) is 22.3 Å². The molecule has 0 fully saturated rings. The number of hydrogen-bond donors (Lipinski definition) is 1. The van der Waals surface area contributed by atoms with Crippen LogP contribution in [-0.2, 0) is 5.41 Å². The minimum absolute atomic E-state index is 0.474. The standard InChI is InChI=1S/C37H23NO2/c1-4-12-29-25(9-1)26-10-2-5-13-30(26)37(29)31-14-6-8-16-34(31)40-35-20-18-23(21-32(35)37)38-24-17-19-28-27-11-3-7-15-33(27)39-36(28)22-24/h1-22,38H. The van der Waals surface area contributed by atoms with Crippen LogP contribution in [0.2, 0.25) is 0 Å². The van der Waals surface area contributed by atoms with Crippen molar-refractivity contribution in [2.24, 2.45) is 0 Å². The molecule has 0 radical (unpaired) electrons. The van der Waals surface area contributed by atoms with E-state index >= 15 is 0 Å². The molecule has 40 heavy (non-hydrogen) atoms. The average Bonchev–Trinajstić information content (AvgIpc) is 3.52. The maximum absolute atomic E-state index is 6.55. The summed E-state index contributed by atoms with van der Waals surface area (Å²) >= 11 is 0. The fourth-order valence-electron chi connectivity index (χ4n) is 6.90. The molecule has 1 spiro atoms. The van der Waals surface area contributed by atoms with Crippen LogP contribution in [0.15, 0.2) is 138 Å². The Kier molecular flexibility index (Phi) is 4.26. The molecule has 1 N–H and O–H groups in total. The van der Waals surface area contributed by atoms with E-state index in [1.54, 1.807) is 0 Å². The van der Waals surface area contributed by atoms with Crippen LogP contribution in [0, 0.1) is 0 Å². The number of nitrogens with one attached hydrogen (secondary N) is 1. The van der Waals surface area contributed by atoms with Gasteiger partial charge in [0.25, 0.3) is 0 Å². The van der Waals surface area contributed by atoms with Crippen molar-refractivity contribution in [3.63, 3.8) is 0 Å². The third kappa shape index (κ3) is 2.79. The Balaban J connectivity index is 1.25. The van der Waals surface area contributed by atoms with Crippen LogP contribution in [0.5, 0.6) is 11.5 Å². The molecule has 1 aliphatic heterocycles. The van der Waals surface area contributed by atoms with Gasteiger partial charge in [0.2, 0.25) is 0 Å². The average molecular weight is 514 g/mol. The van der Waals surface area contributed by atoms with E-state index < -0.39 is 5.41 Å². The zero-order valence-corrected chi connectivity index (χ0v) is 21.5. The number of para-hydroxylation sites is 2. The molecular weight excluding hydrogens is 490 g/mol. The lowest BCUT2D eigenvalue weighted by Crippen LogP contribution is -2.32. The number of ether oxygens (including phenoxy) is 1. The van der Waals surface area contributed by atoms with Crippen LogP contribution in [-0.4, -0.2) is 0 Å². The lowest BCUT2D eigenvalue weighted by atomic mass is 9.66. The Hall–Kier alpha value is -5.28. The number of furan rings is 1. The van der Waals surface area contributed by atoms with Crippen molar-refractivity contribution in [1.29, 1.82) is 0 Å². The van der Waals surface area contributed by atoms with E-state index in [0.29, 0.717) is 0 Å². The van der Waals surface area contributed by atoms with Crippen LogP contribution in [0.3, 0.4) is 0 Å². The van der Waals surface area contributed by atoms with Crippen molar-refractivity contribution < 1.29 is 9.15 Å². The largest absolute Gasteiger partial charge is 0.457 e. The van der Waals surface area contributed by atoms with Gasteiger partial charge in [0.15, 0.2) is 0 Å². The molecule has 0 amide bonds. The number of hydrogen-bond acceptors (Lipinski definition) is 3. The molecule has 1 aliphatic carbocycles. The topological polar surface area (TPSA) is 34.4 Å². The second-order valence-electron chi connectivity index (χ2n) is 10.6. The fraction of sp³-hybridized carbons (Fsp3) is 0.0270. The predicted molar refractivity (Wildman–Crippen MR) is 161 cm³/mol. The molecular formula is C37H23NO2. The summed E-state index contributed by atoms with van der Waals surface area (Å²) in [5, 5.41) is 5.91. The molecule has 0 atom stereocenters. The Morgan fingerprint density at radius 2 is 1.05 bits per heavy atom. The van der Waals surface area contributed by atoms with Crippen LogP contribution < -0.4 is 10.1 Å². The summed E-state index contributed by atoms with van der Waals surface area (Å²) in [5.74, 6) is 1.78. The highest BCUT2D eigenvalue weighted by atomic mass is 16.5. The van der Waals surface area contributed by atoms with E-state index in [1.165, 1.54) is 27.8 Å². The summed E-state index contributed by atoms with van der Waals surface area (Å²) < 4.78 is 12.7. The third-order valence-corrected chi connectivity index (χ3v) is 8.51. The summed E-state index contributed by atoms with van der Waals surface area (Å²) in [7, 11) is 0. The van der Waals surface area contributed by atoms with Gasteiger partial charge >= 0.3 is 0 Å². The van der Waals surface area contributed by atoms with Crippen molar-refractivity contribution in [1.82, 2.24) is 0 Å². The molecule has 188 valence electrons. The summed E-state index contributed by atoms with van der Waals surface area (Å²) in [6.45, 7) is 0. The van der Waals surface area contributed by atoms with Crippen LogP contribution in [0.25, 0.3) is 33.1 Å². The van der Waals surface area contributed by atoms with E-state index in [1.807, 2.05) is 18.2 Å². The predicted octanol–water partition coefficient (Wildman–Crippen LogP) is 9.80. The Morgan fingerprint density at radius 1 is 0.450 bits per heavy atom. The molecule has 6 aromatic carbocycles. The SMILES string of the molecule is c1ccc2c(c1)Oc1ccc(Nc3ccc4c(c3)oc3ccccc34)cc1C21c2ccccc2-c2ccccc21. The Morgan fingerprint density at radius 3 is 1.88 bits per heavy atom. The van der Waals surface area contributed by atoms with Gasteiger partial charge in [0.05, 0.1) is 5.41 Å². The Labute approximate surface area is 231 Å². The maximum atomic E-state index is 6.55. The van der Waals surface area contributed by atoms with Gasteiger partial charge in [0, 0.05) is 39.3 Å². The maximum Gasteiger partial charge on any atom is 0.137 e. The molecule has 7 aromatic rings. The molecule has 0 saturated heterocycles. The lowest BCUT2D eigenvalue weighted by molar-refractivity contribution is 0.436. The number of anilines is 2. The van der Waals surface area contributed by atoms with E-state index in [4.69, 9.17) is 9.15 Å². The van der Waals surface area contributed by atoms with Gasteiger partial charge in [-0.3, -0.25) is 0 Å². The van der Waals surface area contributed by atoms with Crippen LogP contribution in [0.4, 0.5) is 11.4 Å². The van der Waals surface area contributed by atoms with Gasteiger partial charge in [0.1, 0.15) is 22.7 Å². The van der Waals surface area contributed by atoms with Crippen molar-refractivity contribution in [3.8, 4) is 22.6 Å². The summed E-state index contributed by atoms with van der Waals surface area (Å²) in [5.41, 5.74) is 10.7.